The highest BCUT2D eigenvalue weighted by Crippen LogP contribution is 2.35. The Kier molecular flexibility index (Phi) is 6.88. The molecule has 3 N–H and O–H groups in total. The molecule has 0 atom stereocenters. The number of thiophene rings is 1. The van der Waals surface area contributed by atoms with E-state index in [0.29, 0.717) is 22.9 Å². The molecule has 2 heterocycles. The minimum atomic E-state index is -4.44. The Bertz CT molecular complexity index is 970. The van der Waals surface area contributed by atoms with E-state index in [0.717, 1.165) is 16.6 Å². The van der Waals surface area contributed by atoms with Gasteiger partial charge >= 0.3 is 6.18 Å². The van der Waals surface area contributed by atoms with E-state index in [2.05, 4.69) is 15.6 Å². The first-order valence-electron chi connectivity index (χ1n) is 8.72. The van der Waals surface area contributed by atoms with Gasteiger partial charge in [-0.3, -0.25) is 10.1 Å². The third kappa shape index (κ3) is 5.78. The van der Waals surface area contributed by atoms with Gasteiger partial charge in [0, 0.05) is 29.1 Å². The van der Waals surface area contributed by atoms with Gasteiger partial charge < -0.3 is 10.4 Å². The van der Waals surface area contributed by atoms with Crippen molar-refractivity contribution in [1.29, 1.82) is 0 Å². The average Bonchev–Trinajstić information content (AvgIpc) is 3.33. The number of alkyl halides is 3. The van der Waals surface area contributed by atoms with Crippen LogP contribution in [0.4, 0.5) is 24.0 Å². The molecule has 0 aliphatic carbocycles. The molecule has 29 heavy (non-hydrogen) atoms. The molecular formula is C19H18F3N3O2S2. The van der Waals surface area contributed by atoms with Crippen LogP contribution in [0.3, 0.4) is 0 Å². The van der Waals surface area contributed by atoms with E-state index in [1.165, 1.54) is 40.9 Å². The first-order valence-corrected chi connectivity index (χ1v) is 10.4. The number of para-hydroxylation sites is 1. The van der Waals surface area contributed by atoms with Crippen molar-refractivity contribution in [3.8, 4) is 0 Å². The summed E-state index contributed by atoms with van der Waals surface area (Å²) in [4.78, 5) is 17.8. The first-order chi connectivity index (χ1) is 13.9. The molecule has 3 rings (SSSR count). The summed E-state index contributed by atoms with van der Waals surface area (Å²) in [5.74, 6) is -0.319. The quantitative estimate of drug-likeness (QED) is 0.459. The zero-order valence-electron chi connectivity index (χ0n) is 15.1. The van der Waals surface area contributed by atoms with Gasteiger partial charge in [0.2, 0.25) is 0 Å². The molecule has 10 heteroatoms. The number of carbonyl (C=O) groups is 1. The zero-order chi connectivity index (χ0) is 20.9. The molecule has 0 aliphatic rings. The lowest BCUT2D eigenvalue weighted by molar-refractivity contribution is -0.137. The summed E-state index contributed by atoms with van der Waals surface area (Å²) in [5.41, 5.74) is 0.0756. The fraction of sp³-hybridized carbons (Fsp3) is 0.263. The number of benzene rings is 1. The van der Waals surface area contributed by atoms with Gasteiger partial charge in [-0.2, -0.15) is 13.2 Å². The van der Waals surface area contributed by atoms with Crippen LogP contribution in [0.5, 0.6) is 0 Å². The van der Waals surface area contributed by atoms with Gasteiger partial charge in [-0.05, 0) is 37.1 Å². The van der Waals surface area contributed by atoms with Gasteiger partial charge in [0.1, 0.15) is 0 Å². The number of hydrogen-bond acceptors (Lipinski definition) is 6. The molecule has 3 aromatic rings. The van der Waals surface area contributed by atoms with Crippen molar-refractivity contribution >= 4 is 39.4 Å². The third-order valence-electron chi connectivity index (χ3n) is 3.93. The molecule has 0 bridgehead atoms. The van der Waals surface area contributed by atoms with Crippen molar-refractivity contribution < 1.29 is 23.1 Å². The predicted octanol–water partition coefficient (Wildman–Crippen LogP) is 5.01. The average molecular weight is 442 g/mol. The van der Waals surface area contributed by atoms with E-state index in [1.54, 1.807) is 12.1 Å². The molecule has 0 saturated carbocycles. The zero-order valence-corrected chi connectivity index (χ0v) is 16.8. The molecule has 0 fully saturated rings. The number of nitrogens with one attached hydrogen (secondary N) is 2. The molecule has 5 nitrogen and oxygen atoms in total. The van der Waals surface area contributed by atoms with E-state index in [9.17, 15) is 18.0 Å². The summed E-state index contributed by atoms with van der Waals surface area (Å²) >= 11 is 2.50. The highest BCUT2D eigenvalue weighted by Gasteiger charge is 2.33. The van der Waals surface area contributed by atoms with Crippen molar-refractivity contribution in [1.82, 2.24) is 4.98 Å². The maximum atomic E-state index is 13.1. The largest absolute Gasteiger partial charge is 0.418 e. The van der Waals surface area contributed by atoms with Gasteiger partial charge in [-0.15, -0.1) is 22.7 Å². The number of amides is 1. The van der Waals surface area contributed by atoms with Crippen LogP contribution in [-0.4, -0.2) is 22.6 Å². The van der Waals surface area contributed by atoms with Crippen molar-refractivity contribution in [2.24, 2.45) is 0 Å². The number of hydrogen-bond donors (Lipinski definition) is 3. The SMILES string of the molecule is O=C(Nc1nc(CCCO)cs1)c1ccc(CNc2ccccc2C(F)(F)F)s1. The Hall–Kier alpha value is -2.43. The molecule has 0 aliphatic heterocycles. The van der Waals surface area contributed by atoms with Crippen LogP contribution in [0.15, 0.2) is 41.8 Å². The number of halogens is 3. The fourth-order valence-electron chi connectivity index (χ4n) is 2.56. The monoisotopic (exact) mass is 441 g/mol. The summed E-state index contributed by atoms with van der Waals surface area (Å²) in [7, 11) is 0. The van der Waals surface area contributed by atoms with Crippen molar-refractivity contribution in [2.45, 2.75) is 25.6 Å². The standard InChI is InChI=1S/C19H18F3N3O2S2/c20-19(21,22)14-5-1-2-6-15(14)23-10-13-7-8-16(29-13)17(27)25-18-24-12(11-28-18)4-3-9-26/h1-2,5-8,11,23,26H,3-4,9-10H2,(H,24,25,27). The summed E-state index contributed by atoms with van der Waals surface area (Å²) in [6.07, 6.45) is -3.19. The molecule has 0 unspecified atom stereocenters. The lowest BCUT2D eigenvalue weighted by atomic mass is 10.1. The van der Waals surface area contributed by atoms with Gasteiger partial charge in [-0.25, -0.2) is 4.98 Å². The Morgan fingerprint density at radius 1 is 1.17 bits per heavy atom. The van der Waals surface area contributed by atoms with Crippen molar-refractivity contribution in [2.75, 3.05) is 17.2 Å². The van der Waals surface area contributed by atoms with Crippen LogP contribution in [0.2, 0.25) is 0 Å². The number of aryl methyl sites for hydroxylation is 1. The summed E-state index contributed by atoms with van der Waals surface area (Å²) in [5, 5.41) is 16.7. The van der Waals surface area contributed by atoms with E-state index < -0.39 is 11.7 Å². The van der Waals surface area contributed by atoms with E-state index >= 15 is 0 Å². The Morgan fingerprint density at radius 2 is 1.97 bits per heavy atom. The van der Waals surface area contributed by atoms with Crippen LogP contribution in [0.25, 0.3) is 0 Å². The molecule has 1 amide bonds. The van der Waals surface area contributed by atoms with Crippen LogP contribution in [0, 0.1) is 0 Å². The molecule has 154 valence electrons. The Balaban J connectivity index is 1.60. The number of nitrogens with zero attached hydrogens (tertiary/aromatic N) is 1. The highest BCUT2D eigenvalue weighted by molar-refractivity contribution is 7.15. The second-order valence-corrected chi connectivity index (χ2v) is 8.11. The third-order valence-corrected chi connectivity index (χ3v) is 5.82. The van der Waals surface area contributed by atoms with Crippen LogP contribution >= 0.6 is 22.7 Å². The van der Waals surface area contributed by atoms with Gasteiger partial charge in [-0.1, -0.05) is 12.1 Å². The second kappa shape index (κ2) is 9.38. The first kappa shape index (κ1) is 21.3. The topological polar surface area (TPSA) is 74.2 Å². The molecule has 0 spiro atoms. The number of aliphatic hydroxyl groups is 1. The number of rotatable bonds is 8. The van der Waals surface area contributed by atoms with Gasteiger partial charge in [0.05, 0.1) is 16.1 Å². The van der Waals surface area contributed by atoms with Crippen LogP contribution < -0.4 is 10.6 Å². The smallest absolute Gasteiger partial charge is 0.396 e. The minimum absolute atomic E-state index is 0.00223. The lowest BCUT2D eigenvalue weighted by Gasteiger charge is -2.13. The Morgan fingerprint density at radius 3 is 2.72 bits per heavy atom. The Labute approximate surface area is 173 Å². The summed E-state index contributed by atoms with van der Waals surface area (Å²) in [6, 6.07) is 8.62. The molecule has 0 saturated heterocycles. The van der Waals surface area contributed by atoms with Crippen molar-refractivity contribution in [3.05, 3.63) is 62.8 Å². The molecule has 1 aromatic carbocycles. The number of aliphatic hydroxyl groups excluding tert-OH is 1. The number of aromatic nitrogens is 1. The second-order valence-electron chi connectivity index (χ2n) is 6.09. The molecule has 0 radical (unpaired) electrons. The molecular weight excluding hydrogens is 423 g/mol. The normalized spacial score (nSPS) is 11.4. The lowest BCUT2D eigenvalue weighted by Crippen LogP contribution is -2.10. The minimum Gasteiger partial charge on any atom is -0.396 e. The van der Waals surface area contributed by atoms with Gasteiger partial charge in [0.15, 0.2) is 5.13 Å². The summed E-state index contributed by atoms with van der Waals surface area (Å²) in [6.45, 7) is 0.256. The fourth-order valence-corrected chi connectivity index (χ4v) is 4.14. The van der Waals surface area contributed by atoms with E-state index in [4.69, 9.17) is 5.11 Å². The number of thiazole rings is 1. The molecule has 2 aromatic heterocycles. The predicted molar refractivity (Wildman–Crippen MR) is 109 cm³/mol. The van der Waals surface area contributed by atoms with Crippen molar-refractivity contribution in [3.63, 3.8) is 0 Å². The highest BCUT2D eigenvalue weighted by atomic mass is 32.1. The van der Waals surface area contributed by atoms with Gasteiger partial charge in [0.25, 0.3) is 5.91 Å². The van der Waals surface area contributed by atoms with E-state index in [-0.39, 0.29) is 24.7 Å². The number of carbonyl (C=O) groups excluding carboxylic acids is 1. The number of anilines is 2. The summed E-state index contributed by atoms with van der Waals surface area (Å²) < 4.78 is 39.2. The maximum absolute atomic E-state index is 13.1. The maximum Gasteiger partial charge on any atom is 0.418 e. The van der Waals surface area contributed by atoms with Crippen LogP contribution in [0.1, 0.15) is 32.2 Å². The van der Waals surface area contributed by atoms with Crippen LogP contribution in [-0.2, 0) is 19.1 Å². The van der Waals surface area contributed by atoms with E-state index in [1.807, 2.05) is 5.38 Å².